The standard InChI is InChI=1S/C29H30N6O2/c1-17(2)27(36)32-29-31-26-15-22(12-13-35(26)33-29)21-10-11-25-23(14-21)24(16-34(25)5)28(37)30-19(4)20-8-6-18(3)7-9-20/h6-17,19H,1-5H3,(H,30,37)(H,32,33,36)/t19-/m0/s1. The van der Waals surface area contributed by atoms with Crippen LogP contribution in [-0.4, -0.2) is 31.0 Å². The van der Waals surface area contributed by atoms with E-state index in [2.05, 4.69) is 32.8 Å². The second-order valence-electron chi connectivity index (χ2n) is 9.79. The summed E-state index contributed by atoms with van der Waals surface area (Å²) in [6.45, 7) is 7.68. The van der Waals surface area contributed by atoms with Crippen LogP contribution in [-0.2, 0) is 11.8 Å². The van der Waals surface area contributed by atoms with Crippen molar-refractivity contribution in [3.8, 4) is 11.1 Å². The van der Waals surface area contributed by atoms with Crippen molar-refractivity contribution >= 4 is 34.3 Å². The van der Waals surface area contributed by atoms with E-state index in [-0.39, 0.29) is 29.7 Å². The topological polar surface area (TPSA) is 93.3 Å². The molecule has 0 saturated carbocycles. The number of amides is 2. The average Bonchev–Trinajstić information content (AvgIpc) is 3.43. The van der Waals surface area contributed by atoms with E-state index in [1.807, 2.05) is 94.2 Å². The molecule has 0 aliphatic rings. The van der Waals surface area contributed by atoms with E-state index in [0.717, 1.165) is 27.6 Å². The molecule has 2 N–H and O–H groups in total. The lowest BCUT2D eigenvalue weighted by Crippen LogP contribution is -2.26. The van der Waals surface area contributed by atoms with Crippen LogP contribution in [0.1, 0.15) is 48.3 Å². The molecule has 8 heteroatoms. The number of benzene rings is 2. The van der Waals surface area contributed by atoms with Crippen LogP contribution >= 0.6 is 0 Å². The smallest absolute Gasteiger partial charge is 0.253 e. The van der Waals surface area contributed by atoms with Gasteiger partial charge in [0.2, 0.25) is 11.9 Å². The first kappa shape index (κ1) is 24.2. The molecular weight excluding hydrogens is 464 g/mol. The molecular formula is C29H30N6O2. The van der Waals surface area contributed by atoms with Gasteiger partial charge in [0, 0.05) is 36.3 Å². The Morgan fingerprint density at radius 3 is 2.41 bits per heavy atom. The molecule has 2 aromatic carbocycles. The molecule has 5 rings (SSSR count). The molecule has 3 heterocycles. The van der Waals surface area contributed by atoms with Crippen LogP contribution in [0.4, 0.5) is 5.95 Å². The lowest BCUT2D eigenvalue weighted by Gasteiger charge is -2.14. The second-order valence-corrected chi connectivity index (χ2v) is 9.79. The molecule has 0 saturated heterocycles. The summed E-state index contributed by atoms with van der Waals surface area (Å²) in [4.78, 5) is 29.8. The quantitative estimate of drug-likeness (QED) is 0.336. The summed E-state index contributed by atoms with van der Waals surface area (Å²) >= 11 is 0. The molecule has 188 valence electrons. The number of hydrogen-bond acceptors (Lipinski definition) is 4. The average molecular weight is 495 g/mol. The molecule has 0 radical (unpaired) electrons. The summed E-state index contributed by atoms with van der Waals surface area (Å²) in [6, 6.07) is 18.0. The zero-order valence-corrected chi connectivity index (χ0v) is 21.6. The maximum Gasteiger partial charge on any atom is 0.253 e. The summed E-state index contributed by atoms with van der Waals surface area (Å²) < 4.78 is 3.60. The molecule has 0 aliphatic heterocycles. The monoisotopic (exact) mass is 494 g/mol. The number of fused-ring (bicyclic) bond motifs is 2. The minimum atomic E-state index is -0.161. The molecule has 8 nitrogen and oxygen atoms in total. The predicted octanol–water partition coefficient (Wildman–Crippen LogP) is 5.28. The minimum absolute atomic E-state index is 0.116. The lowest BCUT2D eigenvalue weighted by atomic mass is 10.0. The second kappa shape index (κ2) is 9.54. The Morgan fingerprint density at radius 1 is 0.946 bits per heavy atom. The molecule has 1 atom stereocenters. The lowest BCUT2D eigenvalue weighted by molar-refractivity contribution is -0.118. The number of rotatable bonds is 6. The highest BCUT2D eigenvalue weighted by molar-refractivity contribution is 6.08. The van der Waals surface area contributed by atoms with Crippen molar-refractivity contribution in [3.63, 3.8) is 0 Å². The van der Waals surface area contributed by atoms with Gasteiger partial charge in [-0.3, -0.25) is 14.9 Å². The molecule has 0 spiro atoms. The number of pyridine rings is 1. The van der Waals surface area contributed by atoms with Crippen molar-refractivity contribution in [2.45, 2.75) is 33.7 Å². The number of hydrogen-bond donors (Lipinski definition) is 2. The molecule has 0 unspecified atom stereocenters. The predicted molar refractivity (Wildman–Crippen MR) is 145 cm³/mol. The zero-order valence-electron chi connectivity index (χ0n) is 21.6. The minimum Gasteiger partial charge on any atom is -0.350 e. The summed E-state index contributed by atoms with van der Waals surface area (Å²) in [7, 11) is 1.94. The van der Waals surface area contributed by atoms with Gasteiger partial charge in [-0.2, -0.15) is 4.98 Å². The fourth-order valence-corrected chi connectivity index (χ4v) is 4.33. The van der Waals surface area contributed by atoms with E-state index in [1.54, 1.807) is 4.52 Å². The van der Waals surface area contributed by atoms with Crippen LogP contribution in [0.15, 0.2) is 67.0 Å². The van der Waals surface area contributed by atoms with Crippen molar-refractivity contribution in [1.29, 1.82) is 0 Å². The SMILES string of the molecule is Cc1ccc([C@H](C)NC(=O)c2cn(C)c3ccc(-c4ccn5nc(NC(=O)C(C)C)nc5c4)cc23)cc1. The van der Waals surface area contributed by atoms with E-state index in [9.17, 15) is 9.59 Å². The van der Waals surface area contributed by atoms with Gasteiger partial charge in [0.15, 0.2) is 5.65 Å². The molecule has 3 aromatic heterocycles. The van der Waals surface area contributed by atoms with Crippen LogP contribution in [0.25, 0.3) is 27.7 Å². The van der Waals surface area contributed by atoms with Gasteiger partial charge in [0.05, 0.1) is 11.6 Å². The maximum atomic E-state index is 13.3. The Bertz CT molecular complexity index is 1630. The van der Waals surface area contributed by atoms with Gasteiger partial charge < -0.3 is 9.88 Å². The third kappa shape index (κ3) is 4.82. The summed E-state index contributed by atoms with van der Waals surface area (Å²) in [6.07, 6.45) is 3.69. The molecule has 0 aliphatic carbocycles. The number of carbonyl (C=O) groups is 2. The van der Waals surface area contributed by atoms with E-state index >= 15 is 0 Å². The summed E-state index contributed by atoms with van der Waals surface area (Å²) in [5.41, 5.74) is 6.36. The Kier molecular flexibility index (Phi) is 6.25. The Labute approximate surface area is 215 Å². The van der Waals surface area contributed by atoms with E-state index in [1.165, 1.54) is 5.56 Å². The van der Waals surface area contributed by atoms with Crippen LogP contribution in [0.3, 0.4) is 0 Å². The van der Waals surface area contributed by atoms with Crippen molar-refractivity contribution in [1.82, 2.24) is 24.5 Å². The zero-order chi connectivity index (χ0) is 26.3. The van der Waals surface area contributed by atoms with Gasteiger partial charge in [-0.1, -0.05) is 49.7 Å². The van der Waals surface area contributed by atoms with Crippen molar-refractivity contribution in [2.24, 2.45) is 13.0 Å². The molecule has 0 fully saturated rings. The summed E-state index contributed by atoms with van der Waals surface area (Å²) in [5, 5.41) is 11.1. The first-order chi connectivity index (χ1) is 17.7. The van der Waals surface area contributed by atoms with Gasteiger partial charge in [0.25, 0.3) is 5.91 Å². The van der Waals surface area contributed by atoms with Gasteiger partial charge in [-0.15, -0.1) is 5.10 Å². The third-order valence-electron chi connectivity index (χ3n) is 6.59. The van der Waals surface area contributed by atoms with Gasteiger partial charge >= 0.3 is 0 Å². The number of aryl methyl sites for hydroxylation is 2. The van der Waals surface area contributed by atoms with Gasteiger partial charge in [-0.25, -0.2) is 4.52 Å². The highest BCUT2D eigenvalue weighted by Gasteiger charge is 2.18. The number of nitrogens with zero attached hydrogens (tertiary/aromatic N) is 4. The van der Waals surface area contributed by atoms with Crippen LogP contribution in [0, 0.1) is 12.8 Å². The van der Waals surface area contributed by atoms with Crippen LogP contribution in [0.5, 0.6) is 0 Å². The van der Waals surface area contributed by atoms with Crippen LogP contribution in [0.2, 0.25) is 0 Å². The Morgan fingerprint density at radius 2 is 1.68 bits per heavy atom. The largest absolute Gasteiger partial charge is 0.350 e. The van der Waals surface area contributed by atoms with E-state index in [4.69, 9.17) is 0 Å². The van der Waals surface area contributed by atoms with Crippen molar-refractivity contribution in [2.75, 3.05) is 5.32 Å². The highest BCUT2D eigenvalue weighted by Crippen LogP contribution is 2.29. The number of aromatic nitrogens is 4. The highest BCUT2D eigenvalue weighted by atomic mass is 16.2. The number of anilines is 1. The third-order valence-corrected chi connectivity index (χ3v) is 6.59. The normalized spacial score (nSPS) is 12.3. The first-order valence-electron chi connectivity index (χ1n) is 12.3. The Hall–Kier alpha value is -4.46. The van der Waals surface area contributed by atoms with Gasteiger partial charge in [-0.05, 0) is 54.8 Å². The Balaban J connectivity index is 1.45. The molecule has 2 amide bonds. The van der Waals surface area contributed by atoms with Crippen molar-refractivity contribution in [3.05, 3.63) is 83.7 Å². The van der Waals surface area contributed by atoms with Crippen molar-refractivity contribution < 1.29 is 9.59 Å². The number of nitrogens with one attached hydrogen (secondary N) is 2. The summed E-state index contributed by atoms with van der Waals surface area (Å²) in [5.74, 6) is -0.135. The van der Waals surface area contributed by atoms with Gasteiger partial charge in [0.1, 0.15) is 0 Å². The maximum absolute atomic E-state index is 13.3. The van der Waals surface area contributed by atoms with Crippen LogP contribution < -0.4 is 10.6 Å². The fourth-order valence-electron chi connectivity index (χ4n) is 4.33. The van der Waals surface area contributed by atoms with E-state index < -0.39 is 0 Å². The fraction of sp³-hybridized carbons (Fsp3) is 0.241. The molecule has 0 bridgehead atoms. The number of carbonyl (C=O) groups excluding carboxylic acids is 2. The molecule has 37 heavy (non-hydrogen) atoms. The van der Waals surface area contributed by atoms with E-state index in [0.29, 0.717) is 11.2 Å². The first-order valence-corrected chi connectivity index (χ1v) is 12.3. The molecule has 5 aromatic rings.